The van der Waals surface area contributed by atoms with E-state index in [2.05, 4.69) is 6.92 Å². The molecule has 0 fully saturated rings. The number of unbranched alkanes of at least 4 members (excludes halogenated alkanes) is 1. The molecule has 0 saturated carbocycles. The van der Waals surface area contributed by atoms with Gasteiger partial charge in [-0.25, -0.2) is 0 Å². The standard InChI is InChI=1S/C12H18N2O2/c1-4-5-6-14-9(3)7-8(2)10(11(13)15)12(14)16/h7H,4-6H2,1-3H3,(H2,13,15). The monoisotopic (exact) mass is 222 g/mol. The van der Waals surface area contributed by atoms with Crippen LogP contribution < -0.4 is 11.3 Å². The predicted octanol–water partition coefficient (Wildman–Crippen LogP) is 1.36. The summed E-state index contributed by atoms with van der Waals surface area (Å²) < 4.78 is 1.62. The Morgan fingerprint density at radius 3 is 2.56 bits per heavy atom. The zero-order valence-electron chi connectivity index (χ0n) is 10.0. The van der Waals surface area contributed by atoms with Gasteiger partial charge in [0.2, 0.25) is 0 Å². The van der Waals surface area contributed by atoms with E-state index >= 15 is 0 Å². The third kappa shape index (κ3) is 2.32. The van der Waals surface area contributed by atoms with E-state index in [0.717, 1.165) is 18.5 Å². The topological polar surface area (TPSA) is 65.1 Å². The number of amides is 1. The molecule has 2 N–H and O–H groups in total. The van der Waals surface area contributed by atoms with Crippen LogP contribution in [0.4, 0.5) is 0 Å². The van der Waals surface area contributed by atoms with Gasteiger partial charge in [-0.05, 0) is 31.9 Å². The number of hydrogen-bond donors (Lipinski definition) is 1. The van der Waals surface area contributed by atoms with Gasteiger partial charge in [0.1, 0.15) is 5.56 Å². The van der Waals surface area contributed by atoms with Gasteiger partial charge in [0.25, 0.3) is 11.5 Å². The maximum Gasteiger partial charge on any atom is 0.263 e. The van der Waals surface area contributed by atoms with Crippen molar-refractivity contribution in [3.8, 4) is 0 Å². The van der Waals surface area contributed by atoms with Crippen LogP contribution in [0.15, 0.2) is 10.9 Å². The molecule has 0 atom stereocenters. The minimum atomic E-state index is -0.646. The molecule has 0 aliphatic heterocycles. The maximum atomic E-state index is 12.0. The van der Waals surface area contributed by atoms with E-state index in [0.29, 0.717) is 12.1 Å². The lowest BCUT2D eigenvalue weighted by atomic mass is 10.1. The first-order valence-electron chi connectivity index (χ1n) is 5.49. The fourth-order valence-corrected chi connectivity index (χ4v) is 1.82. The number of pyridine rings is 1. The molecule has 4 heteroatoms. The summed E-state index contributed by atoms with van der Waals surface area (Å²) in [7, 11) is 0. The highest BCUT2D eigenvalue weighted by Crippen LogP contribution is 2.06. The van der Waals surface area contributed by atoms with E-state index in [-0.39, 0.29) is 11.1 Å². The third-order valence-corrected chi connectivity index (χ3v) is 2.69. The summed E-state index contributed by atoms with van der Waals surface area (Å²) in [4.78, 5) is 23.2. The van der Waals surface area contributed by atoms with Crippen LogP contribution in [-0.2, 0) is 6.54 Å². The Balaban J connectivity index is 3.34. The molecule has 0 bridgehead atoms. The molecule has 0 spiro atoms. The summed E-state index contributed by atoms with van der Waals surface area (Å²) >= 11 is 0. The second kappa shape index (κ2) is 4.96. The Kier molecular flexibility index (Phi) is 3.88. The molecule has 16 heavy (non-hydrogen) atoms. The number of rotatable bonds is 4. The number of hydrogen-bond acceptors (Lipinski definition) is 2. The molecule has 0 aromatic carbocycles. The van der Waals surface area contributed by atoms with E-state index in [1.807, 2.05) is 13.0 Å². The lowest BCUT2D eigenvalue weighted by Gasteiger charge is -2.12. The van der Waals surface area contributed by atoms with Crippen LogP contribution in [0.5, 0.6) is 0 Å². The molecule has 0 saturated heterocycles. The van der Waals surface area contributed by atoms with Gasteiger partial charge in [0.05, 0.1) is 0 Å². The molecule has 1 aromatic rings. The van der Waals surface area contributed by atoms with Crippen molar-refractivity contribution in [2.45, 2.75) is 40.2 Å². The van der Waals surface area contributed by atoms with Crippen LogP contribution in [0.1, 0.15) is 41.4 Å². The highest BCUT2D eigenvalue weighted by molar-refractivity contribution is 5.93. The van der Waals surface area contributed by atoms with Crippen LogP contribution in [0.25, 0.3) is 0 Å². The van der Waals surface area contributed by atoms with Crippen molar-refractivity contribution < 1.29 is 4.79 Å². The summed E-state index contributed by atoms with van der Waals surface area (Å²) in [5.41, 5.74) is 6.59. The second-order valence-electron chi connectivity index (χ2n) is 4.02. The van der Waals surface area contributed by atoms with Gasteiger partial charge in [-0.2, -0.15) is 0 Å². The van der Waals surface area contributed by atoms with Gasteiger partial charge in [0.15, 0.2) is 0 Å². The first-order chi connectivity index (χ1) is 7.49. The smallest absolute Gasteiger partial charge is 0.263 e. The van der Waals surface area contributed by atoms with Gasteiger partial charge in [0, 0.05) is 12.2 Å². The van der Waals surface area contributed by atoms with E-state index in [4.69, 9.17) is 5.73 Å². The van der Waals surface area contributed by atoms with Crippen molar-refractivity contribution in [2.24, 2.45) is 5.73 Å². The third-order valence-electron chi connectivity index (χ3n) is 2.69. The Hall–Kier alpha value is -1.58. The maximum absolute atomic E-state index is 12.0. The summed E-state index contributed by atoms with van der Waals surface area (Å²) in [5.74, 6) is -0.646. The molecule has 0 aliphatic carbocycles. The molecule has 1 rings (SSSR count). The van der Waals surface area contributed by atoms with Crippen LogP contribution in [0, 0.1) is 13.8 Å². The zero-order chi connectivity index (χ0) is 12.3. The minimum absolute atomic E-state index is 0.113. The van der Waals surface area contributed by atoms with Crippen molar-refractivity contribution in [1.82, 2.24) is 4.57 Å². The normalized spacial score (nSPS) is 10.4. The van der Waals surface area contributed by atoms with E-state index < -0.39 is 5.91 Å². The van der Waals surface area contributed by atoms with Crippen molar-refractivity contribution in [3.63, 3.8) is 0 Å². The number of aryl methyl sites for hydroxylation is 2. The Bertz CT molecular complexity index is 461. The molecule has 1 heterocycles. The van der Waals surface area contributed by atoms with E-state index in [9.17, 15) is 9.59 Å². The van der Waals surface area contributed by atoms with Crippen molar-refractivity contribution in [2.75, 3.05) is 0 Å². The second-order valence-corrected chi connectivity index (χ2v) is 4.02. The molecular formula is C12H18N2O2. The van der Waals surface area contributed by atoms with Gasteiger partial charge in [-0.3, -0.25) is 9.59 Å². The lowest BCUT2D eigenvalue weighted by molar-refractivity contribution is 0.0997. The number of carbonyl (C=O) groups is 1. The average molecular weight is 222 g/mol. The quantitative estimate of drug-likeness (QED) is 0.836. The highest BCUT2D eigenvalue weighted by Gasteiger charge is 2.14. The Morgan fingerprint density at radius 2 is 2.06 bits per heavy atom. The fourth-order valence-electron chi connectivity index (χ4n) is 1.82. The van der Waals surface area contributed by atoms with Crippen LogP contribution in [0.2, 0.25) is 0 Å². The van der Waals surface area contributed by atoms with Gasteiger partial charge >= 0.3 is 0 Å². The number of carbonyl (C=O) groups excluding carboxylic acids is 1. The van der Waals surface area contributed by atoms with Crippen molar-refractivity contribution in [3.05, 3.63) is 33.2 Å². The first-order valence-corrected chi connectivity index (χ1v) is 5.49. The van der Waals surface area contributed by atoms with Crippen LogP contribution >= 0.6 is 0 Å². The summed E-state index contributed by atoms with van der Waals surface area (Å²) in [6.45, 7) is 6.30. The number of nitrogens with zero attached hydrogens (tertiary/aromatic N) is 1. The lowest BCUT2D eigenvalue weighted by Crippen LogP contribution is -2.32. The molecule has 4 nitrogen and oxygen atoms in total. The molecule has 0 aliphatic rings. The first kappa shape index (κ1) is 12.5. The van der Waals surface area contributed by atoms with E-state index in [1.165, 1.54) is 0 Å². The van der Waals surface area contributed by atoms with Crippen molar-refractivity contribution >= 4 is 5.91 Å². The summed E-state index contributed by atoms with van der Waals surface area (Å²) in [5, 5.41) is 0. The van der Waals surface area contributed by atoms with Gasteiger partial charge in [-0.15, -0.1) is 0 Å². The molecule has 0 unspecified atom stereocenters. The zero-order valence-corrected chi connectivity index (χ0v) is 10.0. The van der Waals surface area contributed by atoms with Gasteiger partial charge < -0.3 is 10.3 Å². The largest absolute Gasteiger partial charge is 0.365 e. The van der Waals surface area contributed by atoms with Crippen LogP contribution in [-0.4, -0.2) is 10.5 Å². The van der Waals surface area contributed by atoms with Crippen molar-refractivity contribution in [1.29, 1.82) is 0 Å². The average Bonchev–Trinajstić information content (AvgIpc) is 2.16. The molecule has 88 valence electrons. The fraction of sp³-hybridized carbons (Fsp3) is 0.500. The minimum Gasteiger partial charge on any atom is -0.365 e. The Morgan fingerprint density at radius 1 is 1.44 bits per heavy atom. The number of aromatic nitrogens is 1. The summed E-state index contributed by atoms with van der Waals surface area (Å²) in [6, 6.07) is 1.83. The molecule has 0 radical (unpaired) electrons. The van der Waals surface area contributed by atoms with E-state index in [1.54, 1.807) is 11.5 Å². The summed E-state index contributed by atoms with van der Waals surface area (Å²) in [6.07, 6.45) is 1.92. The molecular weight excluding hydrogens is 204 g/mol. The Labute approximate surface area is 95.1 Å². The molecule has 1 aromatic heterocycles. The highest BCUT2D eigenvalue weighted by atomic mass is 16.2. The molecule has 1 amide bonds. The van der Waals surface area contributed by atoms with Crippen LogP contribution in [0.3, 0.4) is 0 Å². The number of nitrogens with two attached hydrogens (primary N) is 1. The SMILES string of the molecule is CCCCn1c(C)cc(C)c(C(N)=O)c1=O. The number of primary amides is 1. The van der Waals surface area contributed by atoms with Gasteiger partial charge in [-0.1, -0.05) is 13.3 Å². The predicted molar refractivity (Wildman–Crippen MR) is 63.6 cm³/mol.